The summed E-state index contributed by atoms with van der Waals surface area (Å²) in [5, 5.41) is 1.74. The maximum absolute atomic E-state index is 12.3. The number of carbonyl (C=O) groups is 2. The van der Waals surface area contributed by atoms with Crippen LogP contribution in [0.5, 0.6) is 5.75 Å². The topological polar surface area (TPSA) is 113 Å². The summed E-state index contributed by atoms with van der Waals surface area (Å²) in [6, 6.07) is 7.63. The van der Waals surface area contributed by atoms with Crippen LogP contribution in [0.2, 0.25) is 0 Å². The van der Waals surface area contributed by atoms with Gasteiger partial charge in [-0.1, -0.05) is 12.1 Å². The summed E-state index contributed by atoms with van der Waals surface area (Å²) in [5.41, 5.74) is 5.28. The molecule has 0 bridgehead atoms. The molecule has 0 radical (unpaired) electrons. The number of para-hydroxylation sites is 1. The summed E-state index contributed by atoms with van der Waals surface area (Å²) in [4.78, 5) is 39.8. The Bertz CT molecular complexity index is 995. The van der Waals surface area contributed by atoms with Crippen molar-refractivity contribution in [2.45, 2.75) is 6.61 Å². The van der Waals surface area contributed by atoms with Crippen molar-refractivity contribution in [1.82, 2.24) is 9.38 Å². The van der Waals surface area contributed by atoms with E-state index in [1.165, 1.54) is 33.9 Å². The fourth-order valence-electron chi connectivity index (χ4n) is 2.09. The van der Waals surface area contributed by atoms with Crippen LogP contribution >= 0.6 is 11.3 Å². The van der Waals surface area contributed by atoms with Gasteiger partial charge in [0.25, 0.3) is 11.5 Å². The van der Waals surface area contributed by atoms with Gasteiger partial charge in [-0.05, 0) is 12.1 Å². The molecule has 0 aliphatic heterocycles. The van der Waals surface area contributed by atoms with Gasteiger partial charge in [0.15, 0.2) is 11.6 Å². The van der Waals surface area contributed by atoms with Gasteiger partial charge in [0.05, 0.1) is 5.69 Å². The molecule has 9 heteroatoms. The van der Waals surface area contributed by atoms with Crippen LogP contribution in [0, 0.1) is 0 Å². The van der Waals surface area contributed by atoms with E-state index in [-0.39, 0.29) is 30.1 Å². The van der Waals surface area contributed by atoms with E-state index in [0.717, 1.165) is 0 Å². The third-order valence-corrected chi connectivity index (χ3v) is 3.94. The first kappa shape index (κ1) is 16.7. The average molecular weight is 359 g/mol. The number of rotatable bonds is 6. The number of hydrogen-bond acceptors (Lipinski definition) is 7. The number of esters is 1. The van der Waals surface area contributed by atoms with Gasteiger partial charge in [-0.3, -0.25) is 14.0 Å². The third-order valence-electron chi connectivity index (χ3n) is 3.18. The maximum atomic E-state index is 12.3. The van der Waals surface area contributed by atoms with Gasteiger partial charge in [0.1, 0.15) is 17.9 Å². The Hall–Kier alpha value is -3.20. The summed E-state index contributed by atoms with van der Waals surface area (Å²) in [6.45, 7) is -0.510. The number of nitrogens with two attached hydrogens (primary N) is 1. The molecule has 8 nitrogen and oxygen atoms in total. The van der Waals surface area contributed by atoms with Crippen molar-refractivity contribution < 1.29 is 19.1 Å². The number of thiazole rings is 1. The number of hydrogen-bond donors (Lipinski definition) is 1. The van der Waals surface area contributed by atoms with Gasteiger partial charge < -0.3 is 15.2 Å². The van der Waals surface area contributed by atoms with Crippen molar-refractivity contribution in [3.63, 3.8) is 0 Å². The monoisotopic (exact) mass is 359 g/mol. The fourth-order valence-corrected chi connectivity index (χ4v) is 2.83. The van der Waals surface area contributed by atoms with Crippen molar-refractivity contribution in [3.8, 4) is 5.75 Å². The Morgan fingerprint density at radius 3 is 2.88 bits per heavy atom. The molecule has 3 aromatic rings. The average Bonchev–Trinajstić information content (AvgIpc) is 3.07. The first-order chi connectivity index (χ1) is 12.0. The van der Waals surface area contributed by atoms with E-state index in [2.05, 4.69) is 4.98 Å². The highest BCUT2D eigenvalue weighted by Gasteiger charge is 2.15. The summed E-state index contributed by atoms with van der Waals surface area (Å²) in [6.07, 6.45) is 1.62. The van der Waals surface area contributed by atoms with Crippen LogP contribution in [0.25, 0.3) is 4.96 Å². The lowest BCUT2D eigenvalue weighted by atomic mass is 10.2. The molecule has 3 rings (SSSR count). The smallest absolute Gasteiger partial charge is 0.342 e. The van der Waals surface area contributed by atoms with Crippen molar-refractivity contribution in [2.24, 2.45) is 5.73 Å². The number of aromatic nitrogens is 2. The first-order valence-corrected chi connectivity index (χ1v) is 8.05. The minimum absolute atomic E-state index is 0.151. The Labute approximate surface area is 145 Å². The molecule has 2 N–H and O–H groups in total. The Kier molecular flexibility index (Phi) is 4.75. The van der Waals surface area contributed by atoms with E-state index in [1.54, 1.807) is 23.7 Å². The Morgan fingerprint density at radius 2 is 2.08 bits per heavy atom. The summed E-state index contributed by atoms with van der Waals surface area (Å²) in [5.74, 6) is -1.13. The molecule has 0 saturated carbocycles. The number of benzene rings is 1. The highest BCUT2D eigenvalue weighted by molar-refractivity contribution is 7.15. The van der Waals surface area contributed by atoms with Crippen LogP contribution in [0.15, 0.2) is 46.7 Å². The zero-order valence-corrected chi connectivity index (χ0v) is 13.7. The molecular formula is C16H13N3O5S. The largest absolute Gasteiger partial charge is 0.483 e. The lowest BCUT2D eigenvalue weighted by Crippen LogP contribution is -2.21. The molecule has 2 aromatic heterocycles. The molecule has 0 aliphatic rings. The van der Waals surface area contributed by atoms with Gasteiger partial charge in [0, 0.05) is 17.6 Å². The molecule has 0 aliphatic carbocycles. The molecule has 0 spiro atoms. The molecule has 1 aromatic carbocycles. The molecule has 2 heterocycles. The van der Waals surface area contributed by atoms with Gasteiger partial charge >= 0.3 is 5.97 Å². The van der Waals surface area contributed by atoms with Crippen LogP contribution in [-0.2, 0) is 16.1 Å². The quantitative estimate of drug-likeness (QED) is 0.656. The number of amides is 1. The molecule has 1 amide bonds. The van der Waals surface area contributed by atoms with Crippen LogP contribution in [0.4, 0.5) is 0 Å². The Morgan fingerprint density at radius 1 is 1.28 bits per heavy atom. The zero-order valence-electron chi connectivity index (χ0n) is 12.9. The summed E-state index contributed by atoms with van der Waals surface area (Å²) in [7, 11) is 0. The van der Waals surface area contributed by atoms with E-state index in [0.29, 0.717) is 10.7 Å². The molecule has 0 fully saturated rings. The number of carbonyl (C=O) groups excluding carboxylic acids is 2. The van der Waals surface area contributed by atoms with Crippen molar-refractivity contribution in [1.29, 1.82) is 0 Å². The lowest BCUT2D eigenvalue weighted by Gasteiger charge is -2.10. The van der Waals surface area contributed by atoms with Crippen LogP contribution in [-0.4, -0.2) is 27.9 Å². The van der Waals surface area contributed by atoms with E-state index in [9.17, 15) is 14.4 Å². The van der Waals surface area contributed by atoms with Crippen molar-refractivity contribution in [2.75, 3.05) is 6.61 Å². The minimum Gasteiger partial charge on any atom is -0.483 e. The fraction of sp³-hybridized carbons (Fsp3) is 0.125. The predicted molar refractivity (Wildman–Crippen MR) is 89.6 cm³/mol. The van der Waals surface area contributed by atoms with E-state index in [4.69, 9.17) is 15.2 Å². The van der Waals surface area contributed by atoms with Crippen LogP contribution < -0.4 is 16.0 Å². The second-order valence-corrected chi connectivity index (χ2v) is 5.84. The van der Waals surface area contributed by atoms with Gasteiger partial charge in [-0.25, -0.2) is 9.78 Å². The molecule has 0 atom stereocenters. The molecule has 0 unspecified atom stereocenters. The first-order valence-electron chi connectivity index (χ1n) is 7.17. The van der Waals surface area contributed by atoms with Crippen LogP contribution in [0.1, 0.15) is 16.1 Å². The van der Waals surface area contributed by atoms with Gasteiger partial charge in [-0.2, -0.15) is 0 Å². The Balaban J connectivity index is 1.73. The second kappa shape index (κ2) is 7.14. The second-order valence-electron chi connectivity index (χ2n) is 4.97. The van der Waals surface area contributed by atoms with E-state index < -0.39 is 11.9 Å². The highest BCUT2D eigenvalue weighted by Crippen LogP contribution is 2.19. The van der Waals surface area contributed by atoms with E-state index in [1.807, 2.05) is 0 Å². The number of nitrogens with zero attached hydrogens (tertiary/aromatic N) is 2. The SMILES string of the molecule is NC(=O)COc1ccccc1C(=O)OCc1cc(=O)n2ccsc2n1. The van der Waals surface area contributed by atoms with Gasteiger partial charge in [0.2, 0.25) is 0 Å². The third kappa shape index (κ3) is 3.83. The minimum atomic E-state index is -0.659. The van der Waals surface area contributed by atoms with Gasteiger partial charge in [-0.15, -0.1) is 11.3 Å². The molecule has 128 valence electrons. The number of ether oxygens (including phenoxy) is 2. The molecular weight excluding hydrogens is 346 g/mol. The lowest BCUT2D eigenvalue weighted by molar-refractivity contribution is -0.119. The van der Waals surface area contributed by atoms with Crippen LogP contribution in [0.3, 0.4) is 0 Å². The van der Waals surface area contributed by atoms with E-state index >= 15 is 0 Å². The standard InChI is InChI=1S/C16H13N3O5S/c17-13(20)9-23-12-4-2-1-3-11(12)15(22)24-8-10-7-14(21)19-5-6-25-16(19)18-10/h1-7H,8-9H2,(H2,17,20). The normalized spacial score (nSPS) is 10.6. The van der Waals surface area contributed by atoms with Crippen molar-refractivity contribution >= 4 is 28.2 Å². The summed E-state index contributed by atoms with van der Waals surface area (Å²) < 4.78 is 11.8. The number of primary amides is 1. The highest BCUT2D eigenvalue weighted by atomic mass is 32.1. The zero-order chi connectivity index (χ0) is 17.8. The number of fused-ring (bicyclic) bond motifs is 1. The van der Waals surface area contributed by atoms with Crippen molar-refractivity contribution in [3.05, 3.63) is 63.5 Å². The molecule has 25 heavy (non-hydrogen) atoms. The summed E-state index contributed by atoms with van der Waals surface area (Å²) >= 11 is 1.31. The maximum Gasteiger partial charge on any atom is 0.342 e. The predicted octanol–water partition coefficient (Wildman–Crippen LogP) is 0.977. The molecule has 0 saturated heterocycles.